The topological polar surface area (TPSA) is 15.3 Å². The fourth-order valence-corrected chi connectivity index (χ4v) is 4.48. The van der Waals surface area contributed by atoms with Crippen LogP contribution in [0.4, 0.5) is 4.39 Å². The van der Waals surface area contributed by atoms with Crippen LogP contribution in [0.15, 0.2) is 30.3 Å². The summed E-state index contributed by atoms with van der Waals surface area (Å²) in [6, 6.07) is 10.6. The number of likely N-dealkylation sites (N-methyl/N-ethyl adjacent to an activating group) is 1. The van der Waals surface area contributed by atoms with E-state index < -0.39 is 6.17 Å². The number of alkyl halides is 2. The normalized spacial score (nSPS) is 28.8. The van der Waals surface area contributed by atoms with Gasteiger partial charge in [-0.1, -0.05) is 52.9 Å². The molecule has 1 aromatic rings. The Morgan fingerprint density at radius 1 is 1.37 bits per heavy atom. The minimum atomic E-state index is -0.748. The summed E-state index contributed by atoms with van der Waals surface area (Å²) in [5.41, 5.74) is 1.09. The Labute approximate surface area is 128 Å². The van der Waals surface area contributed by atoms with E-state index in [0.29, 0.717) is 6.42 Å². The Bertz CT molecular complexity index is 410. The van der Waals surface area contributed by atoms with Gasteiger partial charge in [0.2, 0.25) is 0 Å². The lowest BCUT2D eigenvalue weighted by molar-refractivity contribution is 0.0911. The molecule has 2 rings (SSSR count). The van der Waals surface area contributed by atoms with Crippen molar-refractivity contribution in [3.8, 4) is 0 Å². The predicted molar refractivity (Wildman–Crippen MR) is 86.3 cm³/mol. The molecule has 3 atom stereocenters. The van der Waals surface area contributed by atoms with E-state index in [0.717, 1.165) is 6.54 Å². The molecule has 1 aliphatic rings. The zero-order valence-corrected chi connectivity index (χ0v) is 13.9. The molecule has 1 N–H and O–H groups in total. The summed E-state index contributed by atoms with van der Waals surface area (Å²) in [5, 5.41) is 3.19. The van der Waals surface area contributed by atoms with Gasteiger partial charge in [-0.25, -0.2) is 4.39 Å². The van der Waals surface area contributed by atoms with Crippen LogP contribution >= 0.6 is 22.6 Å². The molecule has 106 valence electrons. The Balaban J connectivity index is 2.31. The minimum absolute atomic E-state index is 0.0637. The highest BCUT2D eigenvalue weighted by molar-refractivity contribution is 14.1. The van der Waals surface area contributed by atoms with Crippen molar-refractivity contribution in [1.82, 2.24) is 10.2 Å². The van der Waals surface area contributed by atoms with E-state index in [9.17, 15) is 4.39 Å². The lowest BCUT2D eigenvalue weighted by Gasteiger charge is -2.42. The Morgan fingerprint density at radius 3 is 2.58 bits per heavy atom. The summed E-state index contributed by atoms with van der Waals surface area (Å²) >= 11 is 2.25. The van der Waals surface area contributed by atoms with Gasteiger partial charge in [0.05, 0.1) is 4.05 Å². The lowest BCUT2D eigenvalue weighted by atomic mass is 9.91. The average Bonchev–Trinajstić information content (AvgIpc) is 2.67. The number of hydrogen-bond acceptors (Lipinski definition) is 2. The highest BCUT2D eigenvalue weighted by Gasteiger charge is 2.47. The van der Waals surface area contributed by atoms with Gasteiger partial charge < -0.3 is 5.32 Å². The summed E-state index contributed by atoms with van der Waals surface area (Å²) in [4.78, 5) is 2.32. The molecule has 1 aromatic carbocycles. The highest BCUT2D eigenvalue weighted by atomic mass is 127. The molecule has 1 fully saturated rings. The highest BCUT2D eigenvalue weighted by Crippen LogP contribution is 2.41. The predicted octanol–water partition coefficient (Wildman–Crippen LogP) is 3.31. The molecule has 0 radical (unpaired) electrons. The van der Waals surface area contributed by atoms with Gasteiger partial charge in [-0.15, -0.1) is 0 Å². The molecular weight excluding hydrogens is 354 g/mol. The number of rotatable bonds is 4. The van der Waals surface area contributed by atoms with E-state index in [1.807, 2.05) is 13.1 Å². The molecule has 0 aromatic heterocycles. The van der Waals surface area contributed by atoms with E-state index in [2.05, 4.69) is 70.9 Å². The molecule has 0 aliphatic carbocycles. The maximum atomic E-state index is 14.1. The van der Waals surface area contributed by atoms with E-state index >= 15 is 0 Å². The van der Waals surface area contributed by atoms with Crippen LogP contribution in [0.25, 0.3) is 0 Å². The molecule has 3 unspecified atom stereocenters. The second-order valence-corrected chi connectivity index (χ2v) is 6.94. The second kappa shape index (κ2) is 6.06. The lowest BCUT2D eigenvalue weighted by Crippen LogP contribution is -2.50. The first-order chi connectivity index (χ1) is 8.98. The quantitative estimate of drug-likeness (QED) is 0.493. The SMILES string of the molecule is CNCC1CC(F)C(I)N1C(C)(C)c1ccccc1. The maximum absolute atomic E-state index is 14.1. The van der Waals surface area contributed by atoms with Crippen molar-refractivity contribution in [3.63, 3.8) is 0 Å². The van der Waals surface area contributed by atoms with Gasteiger partial charge in [0.15, 0.2) is 0 Å². The number of nitrogens with zero attached hydrogens (tertiary/aromatic N) is 1. The molecule has 0 saturated carbocycles. The van der Waals surface area contributed by atoms with Crippen molar-refractivity contribution in [2.45, 2.75) is 42.1 Å². The Hall–Kier alpha value is -0.200. The third kappa shape index (κ3) is 2.95. The van der Waals surface area contributed by atoms with Crippen molar-refractivity contribution >= 4 is 22.6 Å². The second-order valence-electron chi connectivity index (χ2n) is 5.67. The van der Waals surface area contributed by atoms with Crippen molar-refractivity contribution < 1.29 is 4.39 Å². The van der Waals surface area contributed by atoms with Crippen LogP contribution in [0.3, 0.4) is 0 Å². The van der Waals surface area contributed by atoms with Crippen LogP contribution in [0, 0.1) is 0 Å². The molecule has 0 bridgehead atoms. The number of likely N-dealkylation sites (tertiary alicyclic amines) is 1. The minimum Gasteiger partial charge on any atom is -0.318 e. The van der Waals surface area contributed by atoms with E-state index in [4.69, 9.17) is 0 Å². The standard InChI is InChI=1S/C15H22FIN2/c1-15(2,11-7-5-4-6-8-11)19-12(10-18-3)9-13(16)14(19)17/h4-8,12-14,18H,9-10H2,1-3H3. The van der Waals surface area contributed by atoms with E-state index in [-0.39, 0.29) is 15.6 Å². The Kier molecular flexibility index (Phi) is 4.84. The van der Waals surface area contributed by atoms with Crippen LogP contribution in [0.1, 0.15) is 25.8 Å². The summed E-state index contributed by atoms with van der Waals surface area (Å²) in [5.74, 6) is 0. The first kappa shape index (κ1) is 15.2. The van der Waals surface area contributed by atoms with E-state index in [1.54, 1.807) is 0 Å². The van der Waals surface area contributed by atoms with Gasteiger partial charge >= 0.3 is 0 Å². The first-order valence-electron chi connectivity index (χ1n) is 6.75. The van der Waals surface area contributed by atoms with Gasteiger partial charge in [0.25, 0.3) is 0 Å². The van der Waals surface area contributed by atoms with Gasteiger partial charge in [-0.2, -0.15) is 0 Å². The molecule has 1 heterocycles. The molecule has 1 aliphatic heterocycles. The third-order valence-electron chi connectivity index (χ3n) is 4.02. The molecule has 0 spiro atoms. The summed E-state index contributed by atoms with van der Waals surface area (Å²) in [7, 11) is 1.93. The third-order valence-corrected chi connectivity index (χ3v) is 5.40. The van der Waals surface area contributed by atoms with Crippen LogP contribution < -0.4 is 5.32 Å². The average molecular weight is 376 g/mol. The number of halogens is 2. The zero-order chi connectivity index (χ0) is 14.0. The largest absolute Gasteiger partial charge is 0.318 e. The molecule has 19 heavy (non-hydrogen) atoms. The number of benzene rings is 1. The first-order valence-corrected chi connectivity index (χ1v) is 7.99. The van der Waals surface area contributed by atoms with Crippen molar-refractivity contribution in [1.29, 1.82) is 0 Å². The maximum Gasteiger partial charge on any atom is 0.126 e. The monoisotopic (exact) mass is 376 g/mol. The van der Waals surface area contributed by atoms with Gasteiger partial charge in [0.1, 0.15) is 6.17 Å². The van der Waals surface area contributed by atoms with Gasteiger partial charge in [-0.05, 0) is 32.9 Å². The van der Waals surface area contributed by atoms with Crippen LogP contribution in [-0.2, 0) is 5.54 Å². The van der Waals surface area contributed by atoms with Crippen LogP contribution in [0.2, 0.25) is 0 Å². The smallest absolute Gasteiger partial charge is 0.126 e. The number of hydrogen-bond donors (Lipinski definition) is 1. The van der Waals surface area contributed by atoms with Crippen molar-refractivity contribution in [2.24, 2.45) is 0 Å². The van der Waals surface area contributed by atoms with Crippen molar-refractivity contribution in [3.05, 3.63) is 35.9 Å². The molecule has 4 heteroatoms. The Morgan fingerprint density at radius 2 is 2.00 bits per heavy atom. The van der Waals surface area contributed by atoms with Crippen LogP contribution in [-0.4, -0.2) is 34.8 Å². The van der Waals surface area contributed by atoms with E-state index in [1.165, 1.54) is 5.56 Å². The summed E-state index contributed by atoms with van der Waals surface area (Å²) in [6.45, 7) is 5.21. The van der Waals surface area contributed by atoms with Crippen molar-refractivity contribution in [2.75, 3.05) is 13.6 Å². The molecular formula is C15H22FIN2. The molecule has 0 amide bonds. The molecule has 2 nitrogen and oxygen atoms in total. The molecule has 1 saturated heterocycles. The summed E-state index contributed by atoms with van der Waals surface area (Å²) < 4.78 is 14.0. The zero-order valence-electron chi connectivity index (χ0n) is 11.7. The van der Waals surface area contributed by atoms with Gasteiger partial charge in [-0.3, -0.25) is 4.90 Å². The van der Waals surface area contributed by atoms with Crippen LogP contribution in [0.5, 0.6) is 0 Å². The fraction of sp³-hybridized carbons (Fsp3) is 0.600. The fourth-order valence-electron chi connectivity index (χ4n) is 3.04. The number of nitrogens with one attached hydrogen (secondary N) is 1. The summed E-state index contributed by atoms with van der Waals surface area (Å²) in [6.07, 6.45) is -0.132. The van der Waals surface area contributed by atoms with Gasteiger partial charge in [0, 0.05) is 18.1 Å².